The third kappa shape index (κ3) is 15.6. The van der Waals surface area contributed by atoms with Crippen LogP contribution in [0.2, 0.25) is 0 Å². The first kappa shape index (κ1) is 30.9. The second-order valence-corrected chi connectivity index (χ2v) is 9.68. The van der Waals surface area contributed by atoms with Gasteiger partial charge in [0.15, 0.2) is 5.96 Å². The average Bonchev–Trinajstić information content (AvgIpc) is 2.51. The molecule has 0 rings (SSSR count). The fourth-order valence-electron chi connectivity index (χ4n) is 2.54. The Morgan fingerprint density at radius 1 is 1.10 bits per heavy atom. The van der Waals surface area contributed by atoms with Gasteiger partial charge in [-0.15, -0.1) is 24.0 Å². The van der Waals surface area contributed by atoms with E-state index in [1.807, 2.05) is 60.4 Å². The van der Waals surface area contributed by atoms with E-state index in [-0.39, 0.29) is 53.9 Å². The minimum atomic E-state index is -0.527. The van der Waals surface area contributed by atoms with Gasteiger partial charge in [0.25, 0.3) is 0 Å². The molecule has 1 unspecified atom stereocenters. The summed E-state index contributed by atoms with van der Waals surface area (Å²) in [6.45, 7) is 18.9. The van der Waals surface area contributed by atoms with Crippen molar-refractivity contribution in [3.05, 3.63) is 0 Å². The van der Waals surface area contributed by atoms with Gasteiger partial charge in [-0.2, -0.15) is 0 Å². The van der Waals surface area contributed by atoms with Crippen LogP contribution in [0.5, 0.6) is 0 Å². The van der Waals surface area contributed by atoms with Crippen molar-refractivity contribution in [1.82, 2.24) is 20.9 Å². The molecule has 0 aliphatic heterocycles. The number of hydrogen-bond donors (Lipinski definition) is 3. The normalized spacial score (nSPS) is 13.2. The highest BCUT2D eigenvalue weighted by atomic mass is 127. The minimum Gasteiger partial charge on any atom is -0.444 e. The number of alkyl carbamates (subject to hydrolysis) is 1. The zero-order valence-corrected chi connectivity index (χ0v) is 22.8. The zero-order valence-electron chi connectivity index (χ0n) is 20.5. The van der Waals surface area contributed by atoms with Crippen molar-refractivity contribution >= 4 is 41.9 Å². The van der Waals surface area contributed by atoms with Crippen molar-refractivity contribution < 1.29 is 14.3 Å². The highest BCUT2D eigenvalue weighted by Gasteiger charge is 2.22. The van der Waals surface area contributed by atoms with Crippen LogP contribution in [0.3, 0.4) is 0 Å². The first-order chi connectivity index (χ1) is 13.1. The Morgan fingerprint density at radius 3 is 2.10 bits per heavy atom. The van der Waals surface area contributed by atoms with Crippen LogP contribution < -0.4 is 16.0 Å². The lowest BCUT2D eigenvalue weighted by molar-refractivity contribution is -0.121. The Kier molecular flexibility index (Phi) is 14.4. The molecule has 9 heteroatoms. The number of nitrogens with one attached hydrogen (secondary N) is 3. The van der Waals surface area contributed by atoms with Crippen molar-refractivity contribution in [2.75, 3.05) is 26.7 Å². The Morgan fingerprint density at radius 2 is 1.67 bits per heavy atom. The number of halogens is 1. The van der Waals surface area contributed by atoms with Crippen LogP contribution in [0.25, 0.3) is 0 Å². The van der Waals surface area contributed by atoms with Crippen LogP contribution >= 0.6 is 24.0 Å². The van der Waals surface area contributed by atoms with Gasteiger partial charge < -0.3 is 25.6 Å². The van der Waals surface area contributed by atoms with E-state index in [1.54, 1.807) is 0 Å². The Hall–Kier alpha value is -1.26. The summed E-state index contributed by atoms with van der Waals surface area (Å²) in [5.74, 6) is 0.803. The van der Waals surface area contributed by atoms with Gasteiger partial charge in [-0.1, -0.05) is 13.8 Å². The lowest BCUT2D eigenvalue weighted by Gasteiger charge is -2.28. The van der Waals surface area contributed by atoms with Crippen molar-refractivity contribution in [2.24, 2.45) is 10.9 Å². The van der Waals surface area contributed by atoms with Gasteiger partial charge >= 0.3 is 6.09 Å². The lowest BCUT2D eigenvalue weighted by Crippen LogP contribution is -2.46. The molecule has 3 N–H and O–H groups in total. The molecule has 30 heavy (non-hydrogen) atoms. The van der Waals surface area contributed by atoms with Crippen LogP contribution in [-0.2, 0) is 9.53 Å². The number of nitrogens with zero attached hydrogens (tertiary/aromatic N) is 2. The maximum Gasteiger partial charge on any atom is 0.407 e. The molecule has 0 saturated carbocycles. The summed E-state index contributed by atoms with van der Waals surface area (Å²) in [6.07, 6.45) is 0.324. The number of carbonyl (C=O) groups is 2. The fraction of sp³-hybridized carbons (Fsp3) is 0.857. The fourth-order valence-corrected chi connectivity index (χ4v) is 2.54. The maximum atomic E-state index is 12.1. The number of amides is 2. The Bertz CT molecular complexity index is 554. The molecule has 0 bridgehead atoms. The van der Waals surface area contributed by atoms with E-state index >= 15 is 0 Å². The van der Waals surface area contributed by atoms with Gasteiger partial charge in [0.1, 0.15) is 12.1 Å². The number of guanidine groups is 1. The molecule has 0 fully saturated rings. The third-order valence-electron chi connectivity index (χ3n) is 3.87. The van der Waals surface area contributed by atoms with E-state index in [0.29, 0.717) is 19.0 Å². The molecular formula is C21H44IN5O3. The Balaban J connectivity index is 0. The molecule has 0 aliphatic carbocycles. The lowest BCUT2D eigenvalue weighted by atomic mass is 10.0. The number of hydrogen-bond acceptors (Lipinski definition) is 4. The molecule has 0 spiro atoms. The molecule has 178 valence electrons. The minimum absolute atomic E-state index is 0. The van der Waals surface area contributed by atoms with E-state index in [4.69, 9.17) is 4.74 Å². The summed E-state index contributed by atoms with van der Waals surface area (Å²) in [4.78, 5) is 30.6. The van der Waals surface area contributed by atoms with Gasteiger partial charge in [-0.3, -0.25) is 4.79 Å². The van der Waals surface area contributed by atoms with E-state index in [1.165, 1.54) is 0 Å². The first-order valence-electron chi connectivity index (χ1n) is 10.4. The van der Waals surface area contributed by atoms with E-state index in [9.17, 15) is 9.59 Å². The smallest absolute Gasteiger partial charge is 0.407 e. The summed E-state index contributed by atoms with van der Waals surface area (Å²) in [5, 5.41) is 9.08. The standard InChI is InChI=1S/C21H43N5O3.HI/c1-11-22-18(23-14-17(27)25-20(4,5)6)26(10)13-12-16(15(2)3)24-19(28)29-21(7,8)9;/h15-16H,11-14H2,1-10H3,(H,22,23)(H,24,28)(H,25,27);1H. The molecule has 0 radical (unpaired) electrons. The SMILES string of the molecule is CCNC(=NCC(=O)NC(C)(C)C)N(C)CCC(NC(=O)OC(C)(C)C)C(C)C.I. The maximum absolute atomic E-state index is 12.1. The van der Waals surface area contributed by atoms with Crippen molar-refractivity contribution in [2.45, 2.75) is 85.9 Å². The third-order valence-corrected chi connectivity index (χ3v) is 3.87. The van der Waals surface area contributed by atoms with Gasteiger partial charge in [0.2, 0.25) is 5.91 Å². The second kappa shape index (κ2) is 13.9. The number of aliphatic imine (C=N–C) groups is 1. The summed E-state index contributed by atoms with van der Waals surface area (Å²) in [7, 11) is 1.92. The summed E-state index contributed by atoms with van der Waals surface area (Å²) < 4.78 is 5.37. The second-order valence-electron chi connectivity index (χ2n) is 9.68. The van der Waals surface area contributed by atoms with Gasteiger partial charge in [0, 0.05) is 31.7 Å². The first-order valence-corrected chi connectivity index (χ1v) is 10.4. The molecule has 0 aromatic heterocycles. The van der Waals surface area contributed by atoms with Gasteiger partial charge in [-0.05, 0) is 60.8 Å². The zero-order chi connectivity index (χ0) is 22.8. The Labute approximate surface area is 200 Å². The summed E-state index contributed by atoms with van der Waals surface area (Å²) in [5.41, 5.74) is -0.810. The molecule has 0 saturated heterocycles. The van der Waals surface area contributed by atoms with Crippen LogP contribution in [0.4, 0.5) is 4.79 Å². The van der Waals surface area contributed by atoms with Gasteiger partial charge in [0.05, 0.1) is 0 Å². The van der Waals surface area contributed by atoms with Gasteiger partial charge in [-0.25, -0.2) is 9.79 Å². The van der Waals surface area contributed by atoms with E-state index in [2.05, 4.69) is 34.8 Å². The monoisotopic (exact) mass is 541 g/mol. The van der Waals surface area contributed by atoms with Crippen LogP contribution in [-0.4, -0.2) is 66.7 Å². The van der Waals surface area contributed by atoms with Crippen LogP contribution in [0.1, 0.15) is 68.7 Å². The summed E-state index contributed by atoms with van der Waals surface area (Å²) >= 11 is 0. The average molecular weight is 542 g/mol. The van der Waals surface area contributed by atoms with Crippen LogP contribution in [0, 0.1) is 5.92 Å². The van der Waals surface area contributed by atoms with Crippen LogP contribution in [0.15, 0.2) is 4.99 Å². The van der Waals surface area contributed by atoms with E-state index in [0.717, 1.165) is 6.42 Å². The molecule has 1 atom stereocenters. The molecule has 8 nitrogen and oxygen atoms in total. The topological polar surface area (TPSA) is 95.1 Å². The van der Waals surface area contributed by atoms with Crippen molar-refractivity contribution in [1.29, 1.82) is 0 Å². The largest absolute Gasteiger partial charge is 0.444 e. The highest BCUT2D eigenvalue weighted by molar-refractivity contribution is 14.0. The molecule has 0 aliphatic rings. The number of ether oxygens (including phenoxy) is 1. The molecule has 0 aromatic rings. The predicted octanol–water partition coefficient (Wildman–Crippen LogP) is 3.36. The van der Waals surface area contributed by atoms with Crippen molar-refractivity contribution in [3.63, 3.8) is 0 Å². The number of carbonyl (C=O) groups excluding carboxylic acids is 2. The molecular weight excluding hydrogens is 497 g/mol. The molecule has 2 amide bonds. The molecule has 0 heterocycles. The quantitative estimate of drug-likeness (QED) is 0.249. The summed E-state index contributed by atoms with van der Waals surface area (Å²) in [6, 6.07) is -0.0284. The highest BCUT2D eigenvalue weighted by Crippen LogP contribution is 2.11. The number of rotatable bonds is 8. The van der Waals surface area contributed by atoms with Crippen molar-refractivity contribution in [3.8, 4) is 0 Å². The molecule has 0 aromatic carbocycles. The van der Waals surface area contributed by atoms with E-state index < -0.39 is 11.7 Å². The predicted molar refractivity (Wildman–Crippen MR) is 135 cm³/mol.